The van der Waals surface area contributed by atoms with Gasteiger partial charge in [-0.25, -0.2) is 0 Å². The van der Waals surface area contributed by atoms with Crippen LogP contribution in [-0.4, -0.2) is 10.7 Å². The van der Waals surface area contributed by atoms with Crippen LogP contribution in [0.4, 0.5) is 0 Å². The van der Waals surface area contributed by atoms with Crippen LogP contribution >= 0.6 is 0 Å². The van der Waals surface area contributed by atoms with Gasteiger partial charge >= 0.3 is 0 Å². The third-order valence-electron chi connectivity index (χ3n) is 5.11. The van der Waals surface area contributed by atoms with Crippen LogP contribution in [0.2, 0.25) is 0 Å². The summed E-state index contributed by atoms with van der Waals surface area (Å²) < 4.78 is 0. The van der Waals surface area contributed by atoms with Gasteiger partial charge in [-0.05, 0) is 68.6 Å². The van der Waals surface area contributed by atoms with Crippen LogP contribution in [0.3, 0.4) is 0 Å². The standard InChI is InChI=1S/C19H30O/c1-14-11-15(2)17(16(3)12-14)13-19(20)8-6-7-18(4,5)9-10-19/h11-12,20H,6-10,13H2,1-5H3. The molecular weight excluding hydrogens is 244 g/mol. The molecule has 1 aromatic rings. The molecule has 1 aliphatic rings. The predicted octanol–water partition coefficient (Wildman–Crippen LogP) is 4.88. The number of hydrogen-bond acceptors (Lipinski definition) is 1. The smallest absolute Gasteiger partial charge is 0.0688 e. The van der Waals surface area contributed by atoms with E-state index < -0.39 is 5.60 Å². The van der Waals surface area contributed by atoms with Crippen molar-refractivity contribution in [3.05, 3.63) is 34.4 Å². The van der Waals surface area contributed by atoms with E-state index in [1.807, 2.05) is 0 Å². The van der Waals surface area contributed by atoms with Gasteiger partial charge in [0.25, 0.3) is 0 Å². The second kappa shape index (κ2) is 5.52. The van der Waals surface area contributed by atoms with Gasteiger partial charge in [0.05, 0.1) is 5.60 Å². The summed E-state index contributed by atoms with van der Waals surface area (Å²) in [5.41, 5.74) is 5.23. The van der Waals surface area contributed by atoms with Gasteiger partial charge in [0, 0.05) is 6.42 Å². The zero-order valence-electron chi connectivity index (χ0n) is 13.8. The second-order valence-corrected chi connectivity index (χ2v) is 7.80. The minimum Gasteiger partial charge on any atom is -0.390 e. The number of rotatable bonds is 2. The molecule has 0 aliphatic heterocycles. The summed E-state index contributed by atoms with van der Waals surface area (Å²) in [4.78, 5) is 0. The first-order valence-corrected chi connectivity index (χ1v) is 8.00. The summed E-state index contributed by atoms with van der Waals surface area (Å²) >= 11 is 0. The molecule has 0 spiro atoms. The fourth-order valence-electron chi connectivity index (χ4n) is 3.71. The molecule has 1 heteroatoms. The molecule has 112 valence electrons. The van der Waals surface area contributed by atoms with Gasteiger partial charge < -0.3 is 5.11 Å². The topological polar surface area (TPSA) is 20.2 Å². The summed E-state index contributed by atoms with van der Waals surface area (Å²) in [5, 5.41) is 11.1. The van der Waals surface area contributed by atoms with Crippen LogP contribution in [0.1, 0.15) is 68.2 Å². The lowest BCUT2D eigenvalue weighted by atomic mass is 9.81. The predicted molar refractivity (Wildman–Crippen MR) is 86.2 cm³/mol. The van der Waals surface area contributed by atoms with Gasteiger partial charge in [-0.15, -0.1) is 0 Å². The molecule has 1 atom stereocenters. The molecule has 1 aromatic carbocycles. The lowest BCUT2D eigenvalue weighted by molar-refractivity contribution is 0.0223. The SMILES string of the molecule is Cc1cc(C)c(CC2(O)CCCC(C)(C)CC2)c(C)c1. The van der Waals surface area contributed by atoms with Crippen LogP contribution in [0.15, 0.2) is 12.1 Å². The first-order chi connectivity index (χ1) is 9.21. The monoisotopic (exact) mass is 274 g/mol. The Labute approximate surface area is 124 Å². The summed E-state index contributed by atoms with van der Waals surface area (Å²) in [6.45, 7) is 11.2. The first-order valence-electron chi connectivity index (χ1n) is 8.00. The van der Waals surface area contributed by atoms with Crippen LogP contribution < -0.4 is 0 Å². The maximum atomic E-state index is 11.1. The molecule has 0 saturated heterocycles. The highest BCUT2D eigenvalue weighted by molar-refractivity contribution is 5.38. The van der Waals surface area contributed by atoms with E-state index in [9.17, 15) is 5.11 Å². The number of benzene rings is 1. The minimum atomic E-state index is -0.501. The van der Waals surface area contributed by atoms with Crippen molar-refractivity contribution >= 4 is 0 Å². The third kappa shape index (κ3) is 3.63. The largest absolute Gasteiger partial charge is 0.390 e. The molecule has 1 fully saturated rings. The quantitative estimate of drug-likeness (QED) is 0.762. The van der Waals surface area contributed by atoms with E-state index in [1.165, 1.54) is 28.7 Å². The third-order valence-corrected chi connectivity index (χ3v) is 5.11. The zero-order valence-corrected chi connectivity index (χ0v) is 13.8. The molecule has 1 unspecified atom stereocenters. The van der Waals surface area contributed by atoms with Gasteiger partial charge in [0.2, 0.25) is 0 Å². The fourth-order valence-corrected chi connectivity index (χ4v) is 3.71. The Hall–Kier alpha value is -0.820. The molecule has 1 saturated carbocycles. The number of aryl methyl sites for hydroxylation is 3. The van der Waals surface area contributed by atoms with Crippen molar-refractivity contribution in [1.82, 2.24) is 0 Å². The highest BCUT2D eigenvalue weighted by atomic mass is 16.3. The molecule has 1 N–H and O–H groups in total. The Kier molecular flexibility index (Phi) is 4.30. The molecule has 0 radical (unpaired) electrons. The summed E-state index contributed by atoms with van der Waals surface area (Å²) in [6, 6.07) is 4.48. The molecule has 1 aliphatic carbocycles. The van der Waals surface area contributed by atoms with E-state index in [4.69, 9.17) is 0 Å². The van der Waals surface area contributed by atoms with E-state index in [1.54, 1.807) is 0 Å². The summed E-state index contributed by atoms with van der Waals surface area (Å²) in [5.74, 6) is 0. The van der Waals surface area contributed by atoms with Crippen molar-refractivity contribution in [2.24, 2.45) is 5.41 Å². The van der Waals surface area contributed by atoms with Crippen LogP contribution in [0.5, 0.6) is 0 Å². The van der Waals surface area contributed by atoms with Crippen molar-refractivity contribution < 1.29 is 5.11 Å². The number of aliphatic hydroxyl groups is 1. The molecule has 0 aromatic heterocycles. The molecule has 20 heavy (non-hydrogen) atoms. The van der Waals surface area contributed by atoms with E-state index in [-0.39, 0.29) is 0 Å². The van der Waals surface area contributed by atoms with Crippen molar-refractivity contribution in [3.63, 3.8) is 0 Å². The molecule has 1 nitrogen and oxygen atoms in total. The van der Waals surface area contributed by atoms with Gasteiger partial charge in [0.15, 0.2) is 0 Å². The lowest BCUT2D eigenvalue weighted by Crippen LogP contribution is -2.31. The van der Waals surface area contributed by atoms with Crippen molar-refractivity contribution in [3.8, 4) is 0 Å². The van der Waals surface area contributed by atoms with E-state index >= 15 is 0 Å². The molecule has 0 heterocycles. The zero-order chi connectivity index (χ0) is 15.0. The van der Waals surface area contributed by atoms with Gasteiger partial charge in [0.1, 0.15) is 0 Å². The maximum absolute atomic E-state index is 11.1. The van der Waals surface area contributed by atoms with Crippen LogP contribution in [0.25, 0.3) is 0 Å². The molecule has 0 amide bonds. The minimum absolute atomic E-state index is 0.391. The normalized spacial score (nSPS) is 26.3. The Balaban J connectivity index is 2.20. The van der Waals surface area contributed by atoms with E-state index in [0.29, 0.717) is 5.41 Å². The van der Waals surface area contributed by atoms with Gasteiger partial charge in [-0.1, -0.05) is 38.0 Å². The summed E-state index contributed by atoms with van der Waals surface area (Å²) in [6.07, 6.45) is 6.22. The highest BCUT2D eigenvalue weighted by Crippen LogP contribution is 2.40. The Bertz CT molecular complexity index is 464. The molecular formula is C19H30O. The average molecular weight is 274 g/mol. The van der Waals surface area contributed by atoms with Crippen molar-refractivity contribution in [2.75, 3.05) is 0 Å². The maximum Gasteiger partial charge on any atom is 0.0688 e. The Morgan fingerprint density at radius 2 is 1.55 bits per heavy atom. The van der Waals surface area contributed by atoms with Crippen molar-refractivity contribution in [2.45, 2.75) is 78.7 Å². The Morgan fingerprint density at radius 3 is 2.15 bits per heavy atom. The molecule has 0 bridgehead atoms. The lowest BCUT2D eigenvalue weighted by Gasteiger charge is -2.29. The first kappa shape index (κ1) is 15.6. The van der Waals surface area contributed by atoms with Crippen LogP contribution in [0, 0.1) is 26.2 Å². The number of hydrogen-bond donors (Lipinski definition) is 1. The van der Waals surface area contributed by atoms with E-state index in [2.05, 4.69) is 46.8 Å². The summed E-state index contributed by atoms with van der Waals surface area (Å²) in [7, 11) is 0. The van der Waals surface area contributed by atoms with E-state index in [0.717, 1.165) is 32.1 Å². The Morgan fingerprint density at radius 1 is 0.950 bits per heavy atom. The average Bonchev–Trinajstić information content (AvgIpc) is 2.44. The van der Waals surface area contributed by atoms with Crippen molar-refractivity contribution in [1.29, 1.82) is 0 Å². The van der Waals surface area contributed by atoms with Gasteiger partial charge in [-0.2, -0.15) is 0 Å². The van der Waals surface area contributed by atoms with Crippen LogP contribution in [-0.2, 0) is 6.42 Å². The fraction of sp³-hybridized carbons (Fsp3) is 0.684. The molecule has 2 rings (SSSR count). The van der Waals surface area contributed by atoms with Gasteiger partial charge in [-0.3, -0.25) is 0 Å². The second-order valence-electron chi connectivity index (χ2n) is 7.80. The highest BCUT2D eigenvalue weighted by Gasteiger charge is 2.34.